The molecule has 1 rings (SSSR count). The van der Waals surface area contributed by atoms with Gasteiger partial charge in [-0.1, -0.05) is 34.1 Å². The lowest BCUT2D eigenvalue weighted by molar-refractivity contribution is 0.219. The quantitative estimate of drug-likeness (QED) is 0.655. The van der Waals surface area contributed by atoms with Crippen molar-refractivity contribution >= 4 is 0 Å². The van der Waals surface area contributed by atoms with Crippen LogP contribution in [0, 0.1) is 5.92 Å². The molecule has 0 saturated heterocycles. The van der Waals surface area contributed by atoms with E-state index in [2.05, 4.69) is 44.0 Å². The first-order valence-corrected chi connectivity index (χ1v) is 7.69. The van der Waals surface area contributed by atoms with E-state index in [9.17, 15) is 0 Å². The lowest BCUT2D eigenvalue weighted by Gasteiger charge is -2.23. The molecule has 1 unspecified atom stereocenters. The van der Waals surface area contributed by atoms with E-state index in [0.717, 1.165) is 44.4 Å². The second-order valence-corrected chi connectivity index (χ2v) is 5.39. The van der Waals surface area contributed by atoms with E-state index in [4.69, 9.17) is 4.42 Å². The predicted molar refractivity (Wildman–Crippen MR) is 81.1 cm³/mol. The third-order valence-corrected chi connectivity index (χ3v) is 3.66. The summed E-state index contributed by atoms with van der Waals surface area (Å²) >= 11 is 0. The zero-order valence-corrected chi connectivity index (χ0v) is 13.0. The van der Waals surface area contributed by atoms with Gasteiger partial charge in [-0.25, -0.2) is 0 Å². The van der Waals surface area contributed by atoms with Gasteiger partial charge in [-0.05, 0) is 31.5 Å². The summed E-state index contributed by atoms with van der Waals surface area (Å²) in [5, 5.41) is 3.44. The van der Waals surface area contributed by atoms with E-state index in [1.807, 2.05) is 6.26 Å². The molecule has 1 aromatic heterocycles. The first-order valence-electron chi connectivity index (χ1n) is 7.69. The van der Waals surface area contributed by atoms with Crippen LogP contribution in [0.2, 0.25) is 0 Å². The number of furan rings is 1. The Morgan fingerprint density at radius 2 is 2.11 bits per heavy atom. The van der Waals surface area contributed by atoms with E-state index >= 15 is 0 Å². The lowest BCUT2D eigenvalue weighted by Crippen LogP contribution is -2.28. The van der Waals surface area contributed by atoms with Gasteiger partial charge in [0.1, 0.15) is 5.76 Å². The summed E-state index contributed by atoms with van der Waals surface area (Å²) in [4.78, 5) is 2.47. The molecule has 0 aliphatic heterocycles. The van der Waals surface area contributed by atoms with Crippen molar-refractivity contribution in [3.8, 4) is 0 Å². The smallest absolute Gasteiger partial charge is 0.122 e. The minimum atomic E-state index is 0.747. The Kier molecular flexibility index (Phi) is 7.84. The molecule has 0 saturated carbocycles. The van der Waals surface area contributed by atoms with Crippen LogP contribution in [0.1, 0.15) is 51.9 Å². The van der Waals surface area contributed by atoms with Crippen molar-refractivity contribution in [1.29, 1.82) is 0 Å². The monoisotopic (exact) mass is 266 g/mol. The average Bonchev–Trinajstić information content (AvgIpc) is 2.85. The summed E-state index contributed by atoms with van der Waals surface area (Å²) in [6.45, 7) is 14.1. The Labute approximate surface area is 118 Å². The summed E-state index contributed by atoms with van der Waals surface area (Å²) in [6, 6.07) is 2.09. The van der Waals surface area contributed by atoms with Gasteiger partial charge in [-0.3, -0.25) is 4.90 Å². The van der Waals surface area contributed by atoms with Gasteiger partial charge in [-0.15, -0.1) is 0 Å². The number of rotatable bonds is 10. The van der Waals surface area contributed by atoms with E-state index in [-0.39, 0.29) is 0 Å². The molecule has 0 aliphatic rings. The van der Waals surface area contributed by atoms with Crippen LogP contribution in [-0.2, 0) is 13.1 Å². The number of nitrogens with one attached hydrogen (secondary N) is 1. The lowest BCUT2D eigenvalue weighted by atomic mass is 10.1. The van der Waals surface area contributed by atoms with Crippen LogP contribution in [0.15, 0.2) is 16.7 Å². The Balaban J connectivity index is 2.52. The summed E-state index contributed by atoms with van der Waals surface area (Å²) in [5.41, 5.74) is 1.30. The zero-order valence-electron chi connectivity index (χ0n) is 13.0. The van der Waals surface area contributed by atoms with Gasteiger partial charge >= 0.3 is 0 Å². The molecule has 3 heteroatoms. The van der Waals surface area contributed by atoms with Crippen LogP contribution in [-0.4, -0.2) is 24.5 Å². The van der Waals surface area contributed by atoms with Gasteiger partial charge in [0, 0.05) is 18.7 Å². The average molecular weight is 266 g/mol. The van der Waals surface area contributed by atoms with Gasteiger partial charge in [-0.2, -0.15) is 0 Å². The maximum Gasteiger partial charge on any atom is 0.122 e. The Morgan fingerprint density at radius 1 is 1.32 bits per heavy atom. The molecule has 0 amide bonds. The minimum absolute atomic E-state index is 0.747. The molecule has 3 nitrogen and oxygen atoms in total. The van der Waals surface area contributed by atoms with Gasteiger partial charge in [0.25, 0.3) is 0 Å². The molecule has 0 bridgehead atoms. The van der Waals surface area contributed by atoms with Crippen LogP contribution in [0.25, 0.3) is 0 Å². The van der Waals surface area contributed by atoms with Gasteiger partial charge < -0.3 is 9.73 Å². The Morgan fingerprint density at radius 3 is 2.74 bits per heavy atom. The second-order valence-electron chi connectivity index (χ2n) is 5.39. The van der Waals surface area contributed by atoms with Crippen molar-refractivity contribution in [2.24, 2.45) is 5.92 Å². The molecule has 1 N–H and O–H groups in total. The zero-order chi connectivity index (χ0) is 14.1. The van der Waals surface area contributed by atoms with Crippen LogP contribution in [0.4, 0.5) is 0 Å². The van der Waals surface area contributed by atoms with Crippen molar-refractivity contribution < 1.29 is 4.42 Å². The minimum Gasteiger partial charge on any atom is -0.468 e. The van der Waals surface area contributed by atoms with Crippen molar-refractivity contribution in [3.63, 3.8) is 0 Å². The fourth-order valence-electron chi connectivity index (χ4n) is 2.14. The molecule has 1 aromatic rings. The largest absolute Gasteiger partial charge is 0.468 e. The SMILES string of the molecule is CCCNCc1ccoc1CN(CC)CC(C)CC. The summed E-state index contributed by atoms with van der Waals surface area (Å²) in [7, 11) is 0. The fourth-order valence-corrected chi connectivity index (χ4v) is 2.14. The molecule has 0 fully saturated rings. The third kappa shape index (κ3) is 5.79. The third-order valence-electron chi connectivity index (χ3n) is 3.66. The standard InChI is InChI=1S/C16H30N2O/c1-5-9-17-11-15-8-10-19-16(15)13-18(7-3)12-14(4)6-2/h8,10,14,17H,5-7,9,11-13H2,1-4H3. The molecule has 0 spiro atoms. The highest BCUT2D eigenvalue weighted by Gasteiger charge is 2.12. The maximum absolute atomic E-state index is 5.66. The van der Waals surface area contributed by atoms with Crippen molar-refractivity contribution in [2.75, 3.05) is 19.6 Å². The molecule has 0 aliphatic carbocycles. The van der Waals surface area contributed by atoms with Crippen LogP contribution < -0.4 is 5.32 Å². The highest BCUT2D eigenvalue weighted by molar-refractivity contribution is 5.16. The molecule has 1 atom stereocenters. The summed E-state index contributed by atoms with van der Waals surface area (Å²) in [5.74, 6) is 1.87. The highest BCUT2D eigenvalue weighted by Crippen LogP contribution is 2.15. The van der Waals surface area contributed by atoms with Crippen molar-refractivity contribution in [2.45, 2.75) is 53.6 Å². The highest BCUT2D eigenvalue weighted by atomic mass is 16.3. The van der Waals surface area contributed by atoms with Crippen molar-refractivity contribution in [1.82, 2.24) is 10.2 Å². The maximum atomic E-state index is 5.66. The number of nitrogens with zero attached hydrogens (tertiary/aromatic N) is 1. The molecular weight excluding hydrogens is 236 g/mol. The van der Waals surface area contributed by atoms with Crippen LogP contribution >= 0.6 is 0 Å². The topological polar surface area (TPSA) is 28.4 Å². The molecule has 1 heterocycles. The first kappa shape index (κ1) is 16.3. The van der Waals surface area contributed by atoms with Crippen LogP contribution in [0.5, 0.6) is 0 Å². The van der Waals surface area contributed by atoms with Gasteiger partial charge in [0.05, 0.1) is 12.8 Å². The predicted octanol–water partition coefficient (Wildman–Crippen LogP) is 3.65. The van der Waals surface area contributed by atoms with E-state index in [1.165, 1.54) is 18.4 Å². The molecular formula is C16H30N2O. The van der Waals surface area contributed by atoms with E-state index in [1.54, 1.807) is 0 Å². The molecule has 0 aromatic carbocycles. The number of hydrogen-bond donors (Lipinski definition) is 1. The molecule has 0 radical (unpaired) electrons. The first-order chi connectivity index (χ1) is 9.21. The van der Waals surface area contributed by atoms with Crippen LogP contribution in [0.3, 0.4) is 0 Å². The number of hydrogen-bond acceptors (Lipinski definition) is 3. The molecule has 19 heavy (non-hydrogen) atoms. The summed E-state index contributed by atoms with van der Waals surface area (Å²) < 4.78 is 5.66. The van der Waals surface area contributed by atoms with E-state index < -0.39 is 0 Å². The van der Waals surface area contributed by atoms with Gasteiger partial charge in [0.2, 0.25) is 0 Å². The van der Waals surface area contributed by atoms with Gasteiger partial charge in [0.15, 0.2) is 0 Å². The molecule has 110 valence electrons. The Bertz CT molecular complexity index is 335. The normalized spacial score (nSPS) is 13.1. The summed E-state index contributed by atoms with van der Waals surface area (Å²) in [6.07, 6.45) is 4.22. The van der Waals surface area contributed by atoms with E-state index in [0.29, 0.717) is 0 Å². The van der Waals surface area contributed by atoms with Crippen molar-refractivity contribution in [3.05, 3.63) is 23.7 Å². The Hall–Kier alpha value is -0.800. The fraction of sp³-hybridized carbons (Fsp3) is 0.750. The second kappa shape index (κ2) is 9.16.